The Balaban J connectivity index is 1.87. The minimum atomic E-state index is -0.247. The molecule has 6 nitrogen and oxygen atoms in total. The molecule has 0 bridgehead atoms. The lowest BCUT2D eigenvalue weighted by Gasteiger charge is -2.09. The molecule has 2 heterocycles. The van der Waals surface area contributed by atoms with Crippen LogP contribution in [0.5, 0.6) is 5.88 Å². The number of pyridine rings is 1. The molecule has 1 aromatic carbocycles. The SMILES string of the molecule is COc1cc(CNC(=O)c2csnn2)c2ccccc2n1. The summed E-state index contributed by atoms with van der Waals surface area (Å²) in [6.45, 7) is 0.371. The lowest BCUT2D eigenvalue weighted by Crippen LogP contribution is -2.23. The molecule has 0 saturated carbocycles. The fraction of sp³-hybridized carbons (Fsp3) is 0.143. The molecule has 2 aromatic heterocycles. The van der Waals surface area contributed by atoms with E-state index < -0.39 is 0 Å². The maximum Gasteiger partial charge on any atom is 0.273 e. The van der Waals surface area contributed by atoms with Crippen LogP contribution in [-0.2, 0) is 6.54 Å². The summed E-state index contributed by atoms with van der Waals surface area (Å²) in [5.41, 5.74) is 2.09. The maximum absolute atomic E-state index is 11.9. The smallest absolute Gasteiger partial charge is 0.273 e. The van der Waals surface area contributed by atoms with E-state index >= 15 is 0 Å². The third-order valence-electron chi connectivity index (χ3n) is 3.02. The second-order valence-electron chi connectivity index (χ2n) is 4.31. The van der Waals surface area contributed by atoms with Crippen LogP contribution in [-0.4, -0.2) is 27.6 Å². The summed E-state index contributed by atoms with van der Waals surface area (Å²) in [6.07, 6.45) is 0. The molecule has 0 unspecified atom stereocenters. The standard InChI is InChI=1S/C14H12N4O2S/c1-20-13-6-9(10-4-2-3-5-11(10)16-13)7-15-14(19)12-8-21-18-17-12/h2-6,8H,7H2,1H3,(H,15,19). The van der Waals surface area contributed by atoms with Crippen LogP contribution in [0.3, 0.4) is 0 Å². The van der Waals surface area contributed by atoms with Crippen molar-refractivity contribution in [3.63, 3.8) is 0 Å². The van der Waals surface area contributed by atoms with Crippen LogP contribution in [0.25, 0.3) is 10.9 Å². The highest BCUT2D eigenvalue weighted by atomic mass is 32.1. The van der Waals surface area contributed by atoms with Crippen LogP contribution < -0.4 is 10.1 Å². The average molecular weight is 300 g/mol. The van der Waals surface area contributed by atoms with Crippen molar-refractivity contribution in [2.45, 2.75) is 6.54 Å². The number of nitrogens with one attached hydrogen (secondary N) is 1. The number of para-hydroxylation sites is 1. The van der Waals surface area contributed by atoms with Gasteiger partial charge in [0.15, 0.2) is 5.69 Å². The first-order valence-electron chi connectivity index (χ1n) is 6.26. The topological polar surface area (TPSA) is 77.0 Å². The fourth-order valence-corrected chi connectivity index (χ4v) is 2.44. The predicted octanol–water partition coefficient (Wildman–Crippen LogP) is 2.02. The molecule has 0 atom stereocenters. The maximum atomic E-state index is 11.9. The molecule has 0 aliphatic carbocycles. The largest absolute Gasteiger partial charge is 0.481 e. The van der Waals surface area contributed by atoms with Gasteiger partial charge in [-0.1, -0.05) is 22.7 Å². The zero-order valence-electron chi connectivity index (χ0n) is 11.2. The highest BCUT2D eigenvalue weighted by molar-refractivity contribution is 7.03. The van der Waals surface area contributed by atoms with E-state index in [0.717, 1.165) is 28.0 Å². The summed E-state index contributed by atoms with van der Waals surface area (Å²) >= 11 is 1.15. The molecular formula is C14H12N4O2S. The molecule has 1 N–H and O–H groups in total. The van der Waals surface area contributed by atoms with Crippen LogP contribution in [0, 0.1) is 0 Å². The van der Waals surface area contributed by atoms with Crippen molar-refractivity contribution in [3.8, 4) is 5.88 Å². The van der Waals surface area contributed by atoms with Crippen LogP contribution >= 0.6 is 11.5 Å². The Morgan fingerprint density at radius 3 is 3.00 bits per heavy atom. The quantitative estimate of drug-likeness (QED) is 0.797. The van der Waals surface area contributed by atoms with E-state index in [0.29, 0.717) is 18.1 Å². The van der Waals surface area contributed by atoms with E-state index in [-0.39, 0.29) is 5.91 Å². The number of carbonyl (C=O) groups excluding carboxylic acids is 1. The third-order valence-corrected chi connectivity index (χ3v) is 3.52. The van der Waals surface area contributed by atoms with Crippen molar-refractivity contribution in [1.29, 1.82) is 0 Å². The molecule has 0 aliphatic heterocycles. The van der Waals surface area contributed by atoms with Crippen LogP contribution in [0.2, 0.25) is 0 Å². The van der Waals surface area contributed by atoms with Gasteiger partial charge in [-0.05, 0) is 23.2 Å². The molecule has 0 aliphatic rings. The molecule has 0 saturated heterocycles. The highest BCUT2D eigenvalue weighted by Gasteiger charge is 2.10. The number of ether oxygens (including phenoxy) is 1. The molecule has 7 heteroatoms. The summed E-state index contributed by atoms with van der Waals surface area (Å²) in [5.74, 6) is 0.275. The van der Waals surface area contributed by atoms with Crippen molar-refractivity contribution in [2.24, 2.45) is 0 Å². The molecular weight excluding hydrogens is 288 g/mol. The van der Waals surface area contributed by atoms with Crippen molar-refractivity contribution in [2.75, 3.05) is 7.11 Å². The van der Waals surface area contributed by atoms with Gasteiger partial charge in [0.2, 0.25) is 5.88 Å². The second-order valence-corrected chi connectivity index (χ2v) is 4.92. The molecule has 3 aromatic rings. The molecule has 106 valence electrons. The molecule has 3 rings (SSSR count). The van der Waals surface area contributed by atoms with Crippen molar-refractivity contribution in [3.05, 3.63) is 47.0 Å². The Morgan fingerprint density at radius 2 is 2.24 bits per heavy atom. The molecule has 0 radical (unpaired) electrons. The van der Waals surface area contributed by atoms with Crippen LogP contribution in [0.4, 0.5) is 0 Å². The number of amides is 1. The van der Waals surface area contributed by atoms with Gasteiger partial charge < -0.3 is 10.1 Å². The van der Waals surface area contributed by atoms with Gasteiger partial charge in [0, 0.05) is 23.4 Å². The molecule has 0 fully saturated rings. The zero-order chi connectivity index (χ0) is 14.7. The van der Waals surface area contributed by atoms with Crippen molar-refractivity contribution < 1.29 is 9.53 Å². The highest BCUT2D eigenvalue weighted by Crippen LogP contribution is 2.21. The summed E-state index contributed by atoms with van der Waals surface area (Å²) in [5, 5.41) is 9.16. The number of aromatic nitrogens is 3. The van der Waals surface area contributed by atoms with Crippen molar-refractivity contribution in [1.82, 2.24) is 19.9 Å². The Morgan fingerprint density at radius 1 is 1.38 bits per heavy atom. The monoisotopic (exact) mass is 300 g/mol. The van der Waals surface area contributed by atoms with Gasteiger partial charge in [-0.3, -0.25) is 4.79 Å². The average Bonchev–Trinajstić information content (AvgIpc) is 3.06. The second kappa shape index (κ2) is 5.84. The van der Waals surface area contributed by atoms with Gasteiger partial charge >= 0.3 is 0 Å². The number of benzene rings is 1. The summed E-state index contributed by atoms with van der Waals surface area (Å²) in [6, 6.07) is 9.55. The number of carbonyl (C=O) groups is 1. The minimum Gasteiger partial charge on any atom is -0.481 e. The van der Waals surface area contributed by atoms with Gasteiger partial charge in [0.05, 0.1) is 12.6 Å². The van der Waals surface area contributed by atoms with E-state index in [2.05, 4.69) is 19.9 Å². The number of fused-ring (bicyclic) bond motifs is 1. The Bertz CT molecular complexity index is 774. The van der Waals surface area contributed by atoms with E-state index in [1.54, 1.807) is 12.5 Å². The summed E-state index contributed by atoms with van der Waals surface area (Å²) in [4.78, 5) is 16.3. The van der Waals surface area contributed by atoms with Crippen LogP contribution in [0.15, 0.2) is 35.7 Å². The van der Waals surface area contributed by atoms with Crippen LogP contribution in [0.1, 0.15) is 16.1 Å². The summed E-state index contributed by atoms with van der Waals surface area (Å²) < 4.78 is 8.87. The van der Waals surface area contributed by atoms with E-state index in [9.17, 15) is 4.79 Å². The van der Waals surface area contributed by atoms with Gasteiger partial charge in [0.1, 0.15) is 0 Å². The van der Waals surface area contributed by atoms with E-state index in [4.69, 9.17) is 4.74 Å². The lowest BCUT2D eigenvalue weighted by molar-refractivity contribution is 0.0946. The van der Waals surface area contributed by atoms with Gasteiger partial charge in [-0.2, -0.15) is 0 Å². The molecule has 0 spiro atoms. The number of rotatable bonds is 4. The normalized spacial score (nSPS) is 10.5. The Hall–Kier alpha value is -2.54. The number of hydrogen-bond acceptors (Lipinski definition) is 6. The predicted molar refractivity (Wildman–Crippen MR) is 79.4 cm³/mol. The Kier molecular flexibility index (Phi) is 3.74. The number of nitrogens with zero attached hydrogens (tertiary/aromatic N) is 3. The molecule has 1 amide bonds. The van der Waals surface area contributed by atoms with Crippen molar-refractivity contribution >= 4 is 28.3 Å². The van der Waals surface area contributed by atoms with E-state index in [1.807, 2.05) is 30.3 Å². The minimum absolute atomic E-state index is 0.247. The summed E-state index contributed by atoms with van der Waals surface area (Å²) in [7, 11) is 1.57. The zero-order valence-corrected chi connectivity index (χ0v) is 12.1. The van der Waals surface area contributed by atoms with Gasteiger partial charge in [-0.15, -0.1) is 5.10 Å². The van der Waals surface area contributed by atoms with Gasteiger partial charge in [-0.25, -0.2) is 4.98 Å². The third kappa shape index (κ3) is 2.82. The molecule has 21 heavy (non-hydrogen) atoms. The first kappa shape index (κ1) is 13.4. The number of hydrogen-bond donors (Lipinski definition) is 1. The fourth-order valence-electron chi connectivity index (χ4n) is 2.00. The first-order chi connectivity index (χ1) is 10.3. The van der Waals surface area contributed by atoms with Gasteiger partial charge in [0.25, 0.3) is 5.91 Å². The first-order valence-corrected chi connectivity index (χ1v) is 7.09. The Labute approximate surface area is 124 Å². The number of methoxy groups -OCH3 is 1. The van der Waals surface area contributed by atoms with E-state index in [1.165, 1.54) is 0 Å². The lowest BCUT2D eigenvalue weighted by atomic mass is 10.1.